The number of quaternary nitrogens is 1. The third kappa shape index (κ3) is 4.04. The Labute approximate surface area is 163 Å². The van der Waals surface area contributed by atoms with Crippen LogP contribution in [-0.2, 0) is 6.54 Å². The minimum absolute atomic E-state index is 0.718. The van der Waals surface area contributed by atoms with Gasteiger partial charge in [0.2, 0.25) is 0 Å². The molecule has 2 heterocycles. The largest absolute Gasteiger partial charge is 0.435 e. The lowest BCUT2D eigenvalue weighted by Gasteiger charge is -2.33. The van der Waals surface area contributed by atoms with E-state index < -0.39 is 0 Å². The SMILES string of the molecule is Clc1ccc(-c2cnc(C[NH+]3CCN(c4cccc(Cl)c4)CC3)o2)cc1. The number of halogens is 2. The molecule has 6 heteroatoms. The van der Waals surface area contributed by atoms with Gasteiger partial charge < -0.3 is 14.2 Å². The summed E-state index contributed by atoms with van der Waals surface area (Å²) in [5.74, 6) is 1.56. The normalized spacial score (nSPS) is 15.4. The Hall–Kier alpha value is -2.01. The topological polar surface area (TPSA) is 33.7 Å². The van der Waals surface area contributed by atoms with Crippen LogP contribution in [0.1, 0.15) is 5.89 Å². The van der Waals surface area contributed by atoms with Gasteiger partial charge in [-0.05, 0) is 42.5 Å². The van der Waals surface area contributed by atoms with Crippen molar-refractivity contribution in [3.63, 3.8) is 0 Å². The first-order chi connectivity index (χ1) is 12.7. The van der Waals surface area contributed by atoms with Gasteiger partial charge >= 0.3 is 0 Å². The summed E-state index contributed by atoms with van der Waals surface area (Å²) in [6.45, 7) is 4.90. The quantitative estimate of drug-likeness (QED) is 0.741. The molecular formula is C20H20Cl2N3O+. The third-order valence-corrected chi connectivity index (χ3v) is 5.21. The van der Waals surface area contributed by atoms with E-state index in [0.717, 1.165) is 60.0 Å². The highest BCUT2D eigenvalue weighted by molar-refractivity contribution is 6.31. The van der Waals surface area contributed by atoms with Crippen LogP contribution in [0.3, 0.4) is 0 Å². The van der Waals surface area contributed by atoms with Crippen molar-refractivity contribution < 1.29 is 9.32 Å². The van der Waals surface area contributed by atoms with E-state index in [1.165, 1.54) is 10.6 Å². The number of anilines is 1. The van der Waals surface area contributed by atoms with E-state index in [-0.39, 0.29) is 0 Å². The number of hydrogen-bond donors (Lipinski definition) is 1. The number of nitrogens with one attached hydrogen (secondary N) is 1. The smallest absolute Gasteiger partial charge is 0.250 e. The van der Waals surface area contributed by atoms with Crippen molar-refractivity contribution in [1.82, 2.24) is 4.98 Å². The second-order valence-electron chi connectivity index (χ2n) is 6.52. The number of nitrogens with zero attached hydrogens (tertiary/aromatic N) is 2. The average molecular weight is 389 g/mol. The summed E-state index contributed by atoms with van der Waals surface area (Å²) in [6.07, 6.45) is 1.79. The molecule has 0 spiro atoms. The number of rotatable bonds is 4. The molecule has 4 nitrogen and oxygen atoms in total. The summed E-state index contributed by atoms with van der Waals surface area (Å²) < 4.78 is 5.93. The second-order valence-corrected chi connectivity index (χ2v) is 7.39. The van der Waals surface area contributed by atoms with E-state index in [2.05, 4.69) is 16.0 Å². The van der Waals surface area contributed by atoms with Gasteiger partial charge in [-0.15, -0.1) is 0 Å². The summed E-state index contributed by atoms with van der Waals surface area (Å²) in [6, 6.07) is 15.7. The molecule has 0 atom stereocenters. The van der Waals surface area contributed by atoms with Crippen LogP contribution in [0.2, 0.25) is 10.0 Å². The summed E-state index contributed by atoms with van der Waals surface area (Å²) in [5, 5.41) is 1.50. The average Bonchev–Trinajstić information content (AvgIpc) is 3.11. The van der Waals surface area contributed by atoms with Gasteiger partial charge in [0.15, 0.2) is 12.3 Å². The first kappa shape index (κ1) is 17.4. The predicted molar refractivity (Wildman–Crippen MR) is 105 cm³/mol. The summed E-state index contributed by atoms with van der Waals surface area (Å²) in [7, 11) is 0. The zero-order valence-corrected chi connectivity index (χ0v) is 15.8. The van der Waals surface area contributed by atoms with Crippen molar-refractivity contribution in [3.05, 3.63) is 70.7 Å². The fourth-order valence-corrected chi connectivity index (χ4v) is 3.59. The Morgan fingerprint density at radius 1 is 1.00 bits per heavy atom. The van der Waals surface area contributed by atoms with Gasteiger partial charge in [-0.1, -0.05) is 29.3 Å². The number of hydrogen-bond acceptors (Lipinski definition) is 3. The molecule has 1 saturated heterocycles. The highest BCUT2D eigenvalue weighted by Gasteiger charge is 2.22. The van der Waals surface area contributed by atoms with E-state index in [1.54, 1.807) is 6.20 Å². The van der Waals surface area contributed by atoms with Crippen LogP contribution < -0.4 is 9.80 Å². The predicted octanol–water partition coefficient (Wildman–Crippen LogP) is 3.55. The van der Waals surface area contributed by atoms with Gasteiger partial charge in [-0.3, -0.25) is 0 Å². The number of aromatic nitrogens is 1. The Bertz CT molecular complexity index is 871. The molecule has 4 rings (SSSR count). The van der Waals surface area contributed by atoms with Crippen molar-refractivity contribution in [1.29, 1.82) is 0 Å². The minimum Gasteiger partial charge on any atom is -0.435 e. The highest BCUT2D eigenvalue weighted by Crippen LogP contribution is 2.22. The molecule has 0 radical (unpaired) electrons. The van der Waals surface area contributed by atoms with E-state index in [1.807, 2.05) is 42.5 Å². The highest BCUT2D eigenvalue weighted by atomic mass is 35.5. The lowest BCUT2D eigenvalue weighted by Crippen LogP contribution is -3.13. The van der Waals surface area contributed by atoms with E-state index in [0.29, 0.717) is 0 Å². The van der Waals surface area contributed by atoms with Gasteiger partial charge in [0.05, 0.1) is 32.4 Å². The van der Waals surface area contributed by atoms with Crippen LogP contribution in [0.5, 0.6) is 0 Å². The molecule has 2 aromatic carbocycles. The number of piperazine rings is 1. The zero-order valence-electron chi connectivity index (χ0n) is 14.3. The third-order valence-electron chi connectivity index (χ3n) is 4.73. The van der Waals surface area contributed by atoms with Crippen molar-refractivity contribution in [3.8, 4) is 11.3 Å². The lowest BCUT2D eigenvalue weighted by atomic mass is 10.2. The van der Waals surface area contributed by atoms with Gasteiger partial charge in [0.1, 0.15) is 0 Å². The molecule has 0 unspecified atom stereocenters. The molecule has 26 heavy (non-hydrogen) atoms. The van der Waals surface area contributed by atoms with Crippen LogP contribution in [0.15, 0.2) is 59.1 Å². The molecule has 1 fully saturated rings. The van der Waals surface area contributed by atoms with Crippen molar-refractivity contribution >= 4 is 28.9 Å². The van der Waals surface area contributed by atoms with Crippen LogP contribution in [-0.4, -0.2) is 31.2 Å². The molecule has 0 aliphatic carbocycles. The Balaban J connectivity index is 1.35. The monoisotopic (exact) mass is 388 g/mol. The Morgan fingerprint density at radius 2 is 1.77 bits per heavy atom. The molecule has 1 aliphatic rings. The van der Waals surface area contributed by atoms with Crippen LogP contribution in [0.4, 0.5) is 5.69 Å². The maximum atomic E-state index is 6.10. The summed E-state index contributed by atoms with van der Waals surface area (Å²) in [5.41, 5.74) is 2.19. The molecule has 3 aromatic rings. The number of benzene rings is 2. The molecule has 0 bridgehead atoms. The van der Waals surface area contributed by atoms with Gasteiger partial charge in [0.25, 0.3) is 5.89 Å². The molecule has 1 aliphatic heterocycles. The minimum atomic E-state index is 0.718. The molecule has 134 valence electrons. The fraction of sp³-hybridized carbons (Fsp3) is 0.250. The zero-order chi connectivity index (χ0) is 17.9. The Morgan fingerprint density at radius 3 is 2.50 bits per heavy atom. The fourth-order valence-electron chi connectivity index (χ4n) is 3.28. The van der Waals surface area contributed by atoms with Crippen molar-refractivity contribution in [2.24, 2.45) is 0 Å². The van der Waals surface area contributed by atoms with Crippen LogP contribution in [0.25, 0.3) is 11.3 Å². The molecule has 1 N–H and O–H groups in total. The van der Waals surface area contributed by atoms with E-state index in [9.17, 15) is 0 Å². The maximum absolute atomic E-state index is 6.10. The van der Waals surface area contributed by atoms with Crippen molar-refractivity contribution in [2.45, 2.75) is 6.54 Å². The summed E-state index contributed by atoms with van der Waals surface area (Å²) >= 11 is 12.0. The number of oxazole rings is 1. The first-order valence-corrected chi connectivity index (χ1v) is 9.48. The Kier molecular flexibility index (Phi) is 5.16. The molecule has 0 amide bonds. The van der Waals surface area contributed by atoms with Gasteiger partial charge in [0, 0.05) is 21.3 Å². The van der Waals surface area contributed by atoms with E-state index >= 15 is 0 Å². The summed E-state index contributed by atoms with van der Waals surface area (Å²) in [4.78, 5) is 8.30. The van der Waals surface area contributed by atoms with Crippen LogP contribution in [0, 0.1) is 0 Å². The molecular weight excluding hydrogens is 369 g/mol. The van der Waals surface area contributed by atoms with Gasteiger partial charge in [-0.25, -0.2) is 4.98 Å². The standard InChI is InChI=1S/C20H19Cl2N3O/c21-16-6-4-15(5-7-16)19-13-23-20(26-19)14-24-8-10-25(11-9-24)18-3-1-2-17(22)12-18/h1-7,12-13H,8-11,14H2/p+1. The first-order valence-electron chi connectivity index (χ1n) is 8.72. The lowest BCUT2D eigenvalue weighted by molar-refractivity contribution is -0.915. The molecule has 0 saturated carbocycles. The van der Waals surface area contributed by atoms with E-state index in [4.69, 9.17) is 27.6 Å². The van der Waals surface area contributed by atoms with Crippen molar-refractivity contribution in [2.75, 3.05) is 31.1 Å². The second kappa shape index (κ2) is 7.70. The van der Waals surface area contributed by atoms with Gasteiger partial charge in [-0.2, -0.15) is 0 Å². The molecule has 1 aromatic heterocycles. The maximum Gasteiger partial charge on any atom is 0.250 e. The van der Waals surface area contributed by atoms with Crippen LogP contribution >= 0.6 is 23.2 Å².